The molecule has 2 aromatic rings. The van der Waals surface area contributed by atoms with Gasteiger partial charge in [0.15, 0.2) is 0 Å². The van der Waals surface area contributed by atoms with E-state index in [1.165, 1.54) is 5.56 Å². The number of nitrogens with one attached hydrogen (secondary N) is 1. The molecule has 1 aromatic heterocycles. The van der Waals surface area contributed by atoms with Crippen LogP contribution >= 0.6 is 0 Å². The zero-order valence-electron chi connectivity index (χ0n) is 10.9. The molecule has 0 radical (unpaired) electrons. The second-order valence-corrected chi connectivity index (χ2v) is 4.35. The Labute approximate surface area is 108 Å². The number of imidazole rings is 1. The maximum Gasteiger partial charge on any atom is 0.0948 e. The molecular weight excluding hydrogens is 224 g/mol. The van der Waals surface area contributed by atoms with Crippen LogP contribution < -0.4 is 11.1 Å². The summed E-state index contributed by atoms with van der Waals surface area (Å²) in [5.41, 5.74) is 9.35. The van der Waals surface area contributed by atoms with Crippen molar-refractivity contribution in [3.63, 3.8) is 0 Å². The number of aromatic nitrogens is 2. The third-order valence-electron chi connectivity index (χ3n) is 3.15. The SMILES string of the molecule is CCn1cncc1C(CN)Nc1ccccc1C. The highest BCUT2D eigenvalue weighted by Gasteiger charge is 2.14. The molecule has 0 aliphatic carbocycles. The van der Waals surface area contributed by atoms with Crippen molar-refractivity contribution in [3.05, 3.63) is 48.0 Å². The molecule has 0 amide bonds. The fourth-order valence-electron chi connectivity index (χ4n) is 2.06. The summed E-state index contributed by atoms with van der Waals surface area (Å²) < 4.78 is 2.11. The number of anilines is 1. The minimum Gasteiger partial charge on any atom is -0.375 e. The molecule has 0 bridgehead atoms. The molecule has 0 aliphatic heterocycles. The fraction of sp³-hybridized carbons (Fsp3) is 0.357. The van der Waals surface area contributed by atoms with Gasteiger partial charge in [0.2, 0.25) is 0 Å². The first-order valence-corrected chi connectivity index (χ1v) is 6.28. The average molecular weight is 244 g/mol. The van der Waals surface area contributed by atoms with Gasteiger partial charge in [0, 0.05) is 18.8 Å². The van der Waals surface area contributed by atoms with Gasteiger partial charge in [0.05, 0.1) is 24.3 Å². The van der Waals surface area contributed by atoms with Crippen LogP contribution in [0.5, 0.6) is 0 Å². The van der Waals surface area contributed by atoms with Gasteiger partial charge in [0.1, 0.15) is 0 Å². The molecule has 96 valence electrons. The van der Waals surface area contributed by atoms with Crippen molar-refractivity contribution in [3.8, 4) is 0 Å². The number of para-hydroxylation sites is 1. The van der Waals surface area contributed by atoms with E-state index in [1.54, 1.807) is 0 Å². The Morgan fingerprint density at radius 2 is 2.17 bits per heavy atom. The largest absolute Gasteiger partial charge is 0.375 e. The van der Waals surface area contributed by atoms with Gasteiger partial charge in [-0.3, -0.25) is 0 Å². The molecule has 1 unspecified atom stereocenters. The molecule has 0 saturated heterocycles. The Hall–Kier alpha value is -1.81. The summed E-state index contributed by atoms with van der Waals surface area (Å²) in [6, 6.07) is 8.32. The maximum absolute atomic E-state index is 5.88. The van der Waals surface area contributed by atoms with E-state index in [0.717, 1.165) is 17.9 Å². The molecule has 0 aliphatic rings. The Morgan fingerprint density at radius 1 is 1.39 bits per heavy atom. The molecule has 1 aromatic carbocycles. The lowest BCUT2D eigenvalue weighted by Crippen LogP contribution is -2.23. The summed E-state index contributed by atoms with van der Waals surface area (Å²) in [7, 11) is 0. The van der Waals surface area contributed by atoms with E-state index in [4.69, 9.17) is 5.73 Å². The Bertz CT molecular complexity index is 504. The van der Waals surface area contributed by atoms with E-state index in [0.29, 0.717) is 6.54 Å². The monoisotopic (exact) mass is 244 g/mol. The zero-order valence-corrected chi connectivity index (χ0v) is 10.9. The third-order valence-corrected chi connectivity index (χ3v) is 3.15. The lowest BCUT2D eigenvalue weighted by Gasteiger charge is -2.20. The highest BCUT2D eigenvalue weighted by Crippen LogP contribution is 2.21. The van der Waals surface area contributed by atoms with Crippen LogP contribution in [0.25, 0.3) is 0 Å². The van der Waals surface area contributed by atoms with Crippen molar-refractivity contribution < 1.29 is 0 Å². The number of hydrogen-bond donors (Lipinski definition) is 2. The molecule has 2 rings (SSSR count). The normalized spacial score (nSPS) is 12.4. The summed E-state index contributed by atoms with van der Waals surface area (Å²) in [4.78, 5) is 4.19. The fourth-order valence-corrected chi connectivity index (χ4v) is 2.06. The second-order valence-electron chi connectivity index (χ2n) is 4.35. The lowest BCUT2D eigenvalue weighted by atomic mass is 10.1. The molecule has 0 spiro atoms. The molecular formula is C14H20N4. The molecule has 1 heterocycles. The average Bonchev–Trinajstić information content (AvgIpc) is 2.86. The zero-order chi connectivity index (χ0) is 13.0. The number of aryl methyl sites for hydroxylation is 2. The summed E-state index contributed by atoms with van der Waals surface area (Å²) in [5, 5.41) is 3.49. The molecule has 0 fully saturated rings. The predicted octanol–water partition coefficient (Wildman–Crippen LogP) is 2.32. The first-order valence-electron chi connectivity index (χ1n) is 6.28. The minimum absolute atomic E-state index is 0.0912. The number of rotatable bonds is 5. The van der Waals surface area contributed by atoms with Crippen molar-refractivity contribution >= 4 is 5.69 Å². The summed E-state index contributed by atoms with van der Waals surface area (Å²) in [5.74, 6) is 0. The van der Waals surface area contributed by atoms with E-state index in [9.17, 15) is 0 Å². The van der Waals surface area contributed by atoms with Gasteiger partial charge in [-0.05, 0) is 25.5 Å². The van der Waals surface area contributed by atoms with Crippen molar-refractivity contribution in [2.45, 2.75) is 26.4 Å². The van der Waals surface area contributed by atoms with Crippen molar-refractivity contribution in [2.75, 3.05) is 11.9 Å². The second kappa shape index (κ2) is 5.69. The van der Waals surface area contributed by atoms with Gasteiger partial charge in [-0.25, -0.2) is 4.98 Å². The lowest BCUT2D eigenvalue weighted by molar-refractivity contribution is 0.654. The van der Waals surface area contributed by atoms with E-state index < -0.39 is 0 Å². The number of nitrogens with zero attached hydrogens (tertiary/aromatic N) is 2. The van der Waals surface area contributed by atoms with Gasteiger partial charge in [-0.2, -0.15) is 0 Å². The smallest absolute Gasteiger partial charge is 0.0948 e. The molecule has 18 heavy (non-hydrogen) atoms. The molecule has 3 N–H and O–H groups in total. The van der Waals surface area contributed by atoms with Gasteiger partial charge in [-0.1, -0.05) is 18.2 Å². The summed E-state index contributed by atoms with van der Waals surface area (Å²) in [6.07, 6.45) is 3.73. The highest BCUT2D eigenvalue weighted by molar-refractivity contribution is 5.51. The van der Waals surface area contributed by atoms with Crippen molar-refractivity contribution in [1.82, 2.24) is 9.55 Å². The standard InChI is InChI=1S/C14H20N4/c1-3-18-10-16-9-14(18)13(8-15)17-12-7-5-4-6-11(12)2/h4-7,9-10,13,17H,3,8,15H2,1-2H3. The van der Waals surface area contributed by atoms with Crippen molar-refractivity contribution in [2.24, 2.45) is 5.73 Å². The number of nitrogens with two attached hydrogens (primary N) is 1. The van der Waals surface area contributed by atoms with Gasteiger partial charge in [-0.15, -0.1) is 0 Å². The highest BCUT2D eigenvalue weighted by atomic mass is 15.1. The van der Waals surface area contributed by atoms with Crippen molar-refractivity contribution in [1.29, 1.82) is 0 Å². The Balaban J connectivity index is 2.23. The summed E-state index contributed by atoms with van der Waals surface area (Å²) in [6.45, 7) is 5.64. The van der Waals surface area contributed by atoms with Gasteiger partial charge < -0.3 is 15.6 Å². The van der Waals surface area contributed by atoms with Crippen LogP contribution in [0.3, 0.4) is 0 Å². The van der Waals surface area contributed by atoms with Gasteiger partial charge in [0.25, 0.3) is 0 Å². The maximum atomic E-state index is 5.88. The first-order chi connectivity index (χ1) is 8.76. The first kappa shape index (κ1) is 12.6. The van der Waals surface area contributed by atoms with Gasteiger partial charge >= 0.3 is 0 Å². The molecule has 4 nitrogen and oxygen atoms in total. The molecule has 1 atom stereocenters. The van der Waals surface area contributed by atoms with E-state index >= 15 is 0 Å². The van der Waals surface area contributed by atoms with Crippen LogP contribution in [0, 0.1) is 6.92 Å². The van der Waals surface area contributed by atoms with Crippen LogP contribution in [-0.2, 0) is 6.54 Å². The molecule has 0 saturated carbocycles. The van der Waals surface area contributed by atoms with E-state index in [-0.39, 0.29) is 6.04 Å². The number of benzene rings is 1. The minimum atomic E-state index is 0.0912. The van der Waals surface area contributed by atoms with Crippen LogP contribution in [0.2, 0.25) is 0 Å². The molecule has 4 heteroatoms. The van der Waals surface area contributed by atoms with E-state index in [1.807, 2.05) is 24.7 Å². The number of hydrogen-bond acceptors (Lipinski definition) is 3. The Kier molecular flexibility index (Phi) is 3.99. The topological polar surface area (TPSA) is 55.9 Å². The van der Waals surface area contributed by atoms with Crippen LogP contribution in [0.4, 0.5) is 5.69 Å². The van der Waals surface area contributed by atoms with Crippen LogP contribution in [-0.4, -0.2) is 16.1 Å². The van der Waals surface area contributed by atoms with E-state index in [2.05, 4.69) is 40.8 Å². The van der Waals surface area contributed by atoms with Crippen LogP contribution in [0.1, 0.15) is 24.2 Å². The van der Waals surface area contributed by atoms with Crippen LogP contribution in [0.15, 0.2) is 36.8 Å². The summed E-state index contributed by atoms with van der Waals surface area (Å²) >= 11 is 0. The quantitative estimate of drug-likeness (QED) is 0.848. The Morgan fingerprint density at radius 3 is 2.83 bits per heavy atom. The third kappa shape index (κ3) is 2.54. The predicted molar refractivity (Wildman–Crippen MR) is 74.5 cm³/mol.